The van der Waals surface area contributed by atoms with E-state index in [9.17, 15) is 9.59 Å². The van der Waals surface area contributed by atoms with Crippen LogP contribution in [0.3, 0.4) is 0 Å². The third-order valence-corrected chi connectivity index (χ3v) is 10.7. The van der Waals surface area contributed by atoms with Crippen LogP contribution in [0.25, 0.3) is 0 Å². The van der Waals surface area contributed by atoms with Crippen molar-refractivity contribution in [1.82, 2.24) is 15.2 Å². The second-order valence-electron chi connectivity index (χ2n) is 13.5. The van der Waals surface area contributed by atoms with Crippen LogP contribution in [0.4, 0.5) is 4.79 Å². The minimum atomic E-state index is -0.823. The van der Waals surface area contributed by atoms with E-state index in [-0.39, 0.29) is 24.9 Å². The lowest BCUT2D eigenvalue weighted by molar-refractivity contribution is -0.0336. The smallest absolute Gasteiger partial charge is 0.408 e. The van der Waals surface area contributed by atoms with Gasteiger partial charge in [0.05, 0.1) is 30.3 Å². The molecule has 13 heteroatoms. The molecular formula is C42H41Cl2N3O8. The number of pyridine rings is 1. The Balaban J connectivity index is 1.03. The number of nitrogens with one attached hydrogen (secondary N) is 1. The highest BCUT2D eigenvalue weighted by Gasteiger charge is 2.37. The van der Waals surface area contributed by atoms with Gasteiger partial charge in [0.1, 0.15) is 30.3 Å². The van der Waals surface area contributed by atoms with Crippen molar-refractivity contribution in [1.29, 1.82) is 0 Å². The first kappa shape index (κ1) is 38.1. The van der Waals surface area contributed by atoms with Crippen LogP contribution in [0.2, 0.25) is 10.0 Å². The molecule has 3 aliphatic heterocycles. The van der Waals surface area contributed by atoms with Crippen molar-refractivity contribution < 1.29 is 37.7 Å². The normalized spacial score (nSPS) is 18.5. The van der Waals surface area contributed by atoms with Crippen molar-refractivity contribution in [2.75, 3.05) is 33.9 Å². The summed E-state index contributed by atoms with van der Waals surface area (Å²) in [5, 5.41) is 3.78. The molecule has 3 fully saturated rings. The third-order valence-electron chi connectivity index (χ3n) is 10.1. The number of hydrogen-bond acceptors (Lipinski definition) is 10. The molecule has 1 amide bonds. The fraction of sp³-hybridized carbons (Fsp3) is 0.310. The molecule has 5 aromatic rings. The van der Waals surface area contributed by atoms with Crippen LogP contribution in [0.5, 0.6) is 17.2 Å². The zero-order valence-corrected chi connectivity index (χ0v) is 31.9. The molecule has 0 spiro atoms. The molecule has 5 heterocycles. The summed E-state index contributed by atoms with van der Waals surface area (Å²) in [5.41, 5.74) is 2.91. The van der Waals surface area contributed by atoms with Gasteiger partial charge in [-0.3, -0.25) is 9.88 Å². The zero-order chi connectivity index (χ0) is 38.3. The number of nitrogens with zero attached hydrogens (tertiary/aromatic N) is 2. The van der Waals surface area contributed by atoms with Gasteiger partial charge in [0.15, 0.2) is 11.5 Å². The number of piperidine rings is 3. The second-order valence-corrected chi connectivity index (χ2v) is 14.3. The fourth-order valence-corrected chi connectivity index (χ4v) is 7.65. The molecule has 3 aromatic carbocycles. The number of amides is 1. The number of methoxy groups -OCH3 is 2. The topological polar surface area (TPSA) is 122 Å². The first-order chi connectivity index (χ1) is 26.8. The van der Waals surface area contributed by atoms with E-state index in [0.717, 1.165) is 43.6 Å². The van der Waals surface area contributed by atoms with Crippen molar-refractivity contribution in [2.24, 2.45) is 5.92 Å². The largest absolute Gasteiger partial charge is 0.493 e. The van der Waals surface area contributed by atoms with Gasteiger partial charge in [0, 0.05) is 25.4 Å². The van der Waals surface area contributed by atoms with Crippen LogP contribution < -0.4 is 19.5 Å². The number of carbonyl (C=O) groups excluding carboxylic acids is 2. The number of halogens is 2. The average Bonchev–Trinajstić information content (AvgIpc) is 3.70. The number of alkyl carbamates (subject to hydrolysis) is 1. The van der Waals surface area contributed by atoms with Crippen LogP contribution in [0.1, 0.15) is 63.6 Å². The molecule has 0 unspecified atom stereocenters. The lowest BCUT2D eigenvalue weighted by Gasteiger charge is -2.43. The molecule has 2 aromatic heterocycles. The Morgan fingerprint density at radius 1 is 0.873 bits per heavy atom. The summed E-state index contributed by atoms with van der Waals surface area (Å²) in [6, 6.07) is 25.2. The number of esters is 1. The molecule has 286 valence electrons. The number of rotatable bonds is 14. The van der Waals surface area contributed by atoms with Crippen LogP contribution in [-0.4, -0.2) is 61.9 Å². The first-order valence-electron chi connectivity index (χ1n) is 18.0. The highest BCUT2D eigenvalue weighted by atomic mass is 35.5. The van der Waals surface area contributed by atoms with Gasteiger partial charge in [-0.25, -0.2) is 9.59 Å². The Labute approximate surface area is 329 Å². The molecular weight excluding hydrogens is 745 g/mol. The molecule has 11 nitrogen and oxygen atoms in total. The van der Waals surface area contributed by atoms with Gasteiger partial charge in [-0.15, -0.1) is 0 Å². The Morgan fingerprint density at radius 2 is 1.62 bits per heavy atom. The number of furan rings is 1. The lowest BCUT2D eigenvalue weighted by Crippen LogP contribution is -2.52. The van der Waals surface area contributed by atoms with Gasteiger partial charge in [-0.1, -0.05) is 71.7 Å². The zero-order valence-electron chi connectivity index (χ0n) is 30.4. The number of ether oxygens (including phenoxy) is 5. The molecule has 0 saturated carbocycles. The molecule has 2 bridgehead atoms. The van der Waals surface area contributed by atoms with Crippen LogP contribution in [0.15, 0.2) is 102 Å². The minimum Gasteiger partial charge on any atom is -0.493 e. The van der Waals surface area contributed by atoms with Crippen LogP contribution in [-0.2, 0) is 22.5 Å². The van der Waals surface area contributed by atoms with Crippen LogP contribution in [0, 0.1) is 5.92 Å². The van der Waals surface area contributed by atoms with Gasteiger partial charge in [0.2, 0.25) is 5.76 Å². The summed E-state index contributed by atoms with van der Waals surface area (Å²) in [4.78, 5) is 33.2. The predicted molar refractivity (Wildman–Crippen MR) is 206 cm³/mol. The van der Waals surface area contributed by atoms with E-state index in [1.807, 2.05) is 54.6 Å². The number of carbonyl (C=O) groups is 2. The van der Waals surface area contributed by atoms with E-state index in [4.69, 9.17) is 51.3 Å². The summed E-state index contributed by atoms with van der Waals surface area (Å²) >= 11 is 12.9. The number of aromatic nitrogens is 1. The highest BCUT2D eigenvalue weighted by Crippen LogP contribution is 2.36. The number of benzene rings is 3. The first-order valence-corrected chi connectivity index (χ1v) is 18.8. The maximum absolute atomic E-state index is 13.5. The highest BCUT2D eigenvalue weighted by molar-refractivity contribution is 6.35. The van der Waals surface area contributed by atoms with Crippen LogP contribution >= 0.6 is 23.2 Å². The molecule has 3 aliphatic rings. The van der Waals surface area contributed by atoms with Gasteiger partial charge >= 0.3 is 12.1 Å². The van der Waals surface area contributed by atoms with E-state index in [1.165, 1.54) is 32.7 Å². The molecule has 0 radical (unpaired) electrons. The Morgan fingerprint density at radius 3 is 2.33 bits per heavy atom. The van der Waals surface area contributed by atoms with Crippen molar-refractivity contribution in [3.63, 3.8) is 0 Å². The monoisotopic (exact) mass is 785 g/mol. The quantitative estimate of drug-likeness (QED) is 0.110. The van der Waals surface area contributed by atoms with E-state index in [1.54, 1.807) is 24.3 Å². The third kappa shape index (κ3) is 9.19. The maximum atomic E-state index is 13.5. The Hall–Kier alpha value is -5.23. The van der Waals surface area contributed by atoms with E-state index in [2.05, 4.69) is 15.2 Å². The summed E-state index contributed by atoms with van der Waals surface area (Å²) in [6.45, 7) is 2.93. The summed E-state index contributed by atoms with van der Waals surface area (Å²) < 4.78 is 34.9. The van der Waals surface area contributed by atoms with Crippen molar-refractivity contribution in [2.45, 2.75) is 44.1 Å². The molecule has 3 atom stereocenters. The maximum Gasteiger partial charge on any atom is 0.408 e. The standard InChI is InChI=1S/C42H41Cl2N3O8/c1-50-35-13-11-28(20-38(35)51-2)37(21-32-33(43)22-45-23-34(32)44)54-41(48)36-14-12-31(53-36)25-52-30-10-6-9-29(19-30)40(27-7-4-3-5-8-27)46-42(49)55-39-24-47-17-15-26(39)16-18-47/h3-14,19-20,22-23,26,37,39-40H,15-18,21,24-25H2,1-2H3,(H,46,49)/t37-,39-,40-/m0/s1. The average molecular weight is 787 g/mol. The second kappa shape index (κ2) is 17.5. The van der Waals surface area contributed by atoms with Crippen molar-refractivity contribution in [3.05, 3.63) is 141 Å². The molecule has 1 N–H and O–H groups in total. The van der Waals surface area contributed by atoms with Crippen molar-refractivity contribution in [3.8, 4) is 17.2 Å². The molecule has 55 heavy (non-hydrogen) atoms. The van der Waals surface area contributed by atoms with Gasteiger partial charge in [0.25, 0.3) is 0 Å². The molecule has 0 aliphatic carbocycles. The van der Waals surface area contributed by atoms with E-state index >= 15 is 0 Å². The van der Waals surface area contributed by atoms with E-state index in [0.29, 0.717) is 50.1 Å². The van der Waals surface area contributed by atoms with Crippen molar-refractivity contribution >= 4 is 35.3 Å². The predicted octanol–water partition coefficient (Wildman–Crippen LogP) is 8.63. The SMILES string of the molecule is COc1ccc([C@H](Cc2c(Cl)cncc2Cl)OC(=O)c2ccc(COc3cccc([C@@H](NC(=O)O[C@H]4CN5CCC4CC5)c4ccccc4)c3)o2)cc1OC. The van der Waals surface area contributed by atoms with Gasteiger partial charge in [-0.2, -0.15) is 0 Å². The number of hydrogen-bond donors (Lipinski definition) is 1. The van der Waals surface area contributed by atoms with Gasteiger partial charge in [-0.05, 0) is 90.5 Å². The molecule has 8 rings (SSSR count). The molecule has 3 saturated heterocycles. The number of fused-ring (bicyclic) bond motifs is 3. The fourth-order valence-electron chi connectivity index (χ4n) is 7.13. The summed E-state index contributed by atoms with van der Waals surface area (Å²) in [6.07, 6.45) is 3.84. The summed E-state index contributed by atoms with van der Waals surface area (Å²) in [7, 11) is 3.06. The Bertz CT molecular complexity index is 2080. The lowest BCUT2D eigenvalue weighted by atomic mass is 9.86. The Kier molecular flexibility index (Phi) is 12.1. The van der Waals surface area contributed by atoms with Gasteiger partial charge < -0.3 is 33.4 Å². The summed E-state index contributed by atoms with van der Waals surface area (Å²) in [5.74, 6) is 1.62. The minimum absolute atomic E-state index is 0.0143. The van der Waals surface area contributed by atoms with E-state index < -0.39 is 24.2 Å².